The molecule has 4 rings (SSSR count). The number of sulfonamides is 1. The van der Waals surface area contributed by atoms with Gasteiger partial charge in [0.2, 0.25) is 0 Å². The lowest BCUT2D eigenvalue weighted by molar-refractivity contribution is 0.0950. The third kappa shape index (κ3) is 3.77. The van der Waals surface area contributed by atoms with E-state index in [-0.39, 0.29) is 10.8 Å². The van der Waals surface area contributed by atoms with E-state index < -0.39 is 10.0 Å². The van der Waals surface area contributed by atoms with E-state index in [1.807, 2.05) is 17.0 Å². The van der Waals surface area contributed by atoms with E-state index in [9.17, 15) is 13.2 Å². The van der Waals surface area contributed by atoms with Gasteiger partial charge in [0, 0.05) is 30.1 Å². The molecule has 2 aliphatic heterocycles. The Balaban J connectivity index is 1.58. The lowest BCUT2D eigenvalue weighted by Gasteiger charge is -2.29. The van der Waals surface area contributed by atoms with Gasteiger partial charge in [-0.1, -0.05) is 30.2 Å². The highest BCUT2D eigenvalue weighted by molar-refractivity contribution is 7.90. The Morgan fingerprint density at radius 2 is 1.89 bits per heavy atom. The summed E-state index contributed by atoms with van der Waals surface area (Å²) < 4.78 is 29.3. The number of anilines is 1. The van der Waals surface area contributed by atoms with Gasteiger partial charge in [0.1, 0.15) is 10.7 Å². The van der Waals surface area contributed by atoms with Crippen LogP contribution in [-0.4, -0.2) is 26.7 Å². The Labute approximate surface area is 169 Å². The number of amides is 1. The minimum Gasteiger partial charge on any atom is -0.348 e. The SMILES string of the molecule is O=C(NCc1ccc(Cl)cc1)c1ccc2c(c1)S(=O)(=O)N=C1CCCCCN12. The summed E-state index contributed by atoms with van der Waals surface area (Å²) in [5, 5.41) is 3.44. The van der Waals surface area contributed by atoms with Gasteiger partial charge in [-0.2, -0.15) is 8.42 Å². The summed E-state index contributed by atoms with van der Waals surface area (Å²) in [6.07, 6.45) is 3.63. The van der Waals surface area contributed by atoms with Gasteiger partial charge in [0.15, 0.2) is 0 Å². The fourth-order valence-electron chi connectivity index (χ4n) is 3.51. The van der Waals surface area contributed by atoms with Crippen LogP contribution < -0.4 is 10.2 Å². The molecule has 1 fully saturated rings. The van der Waals surface area contributed by atoms with E-state index >= 15 is 0 Å². The fourth-order valence-corrected chi connectivity index (χ4v) is 4.92. The molecule has 0 aromatic heterocycles. The van der Waals surface area contributed by atoms with Gasteiger partial charge in [-0.15, -0.1) is 4.40 Å². The van der Waals surface area contributed by atoms with Crippen molar-refractivity contribution < 1.29 is 13.2 Å². The maximum Gasteiger partial charge on any atom is 0.286 e. The summed E-state index contributed by atoms with van der Waals surface area (Å²) in [5.41, 5.74) is 1.81. The number of hydrogen-bond acceptors (Lipinski definition) is 4. The van der Waals surface area contributed by atoms with Crippen molar-refractivity contribution in [3.8, 4) is 0 Å². The lowest BCUT2D eigenvalue weighted by Crippen LogP contribution is -2.35. The van der Waals surface area contributed by atoms with Crippen LogP contribution in [0, 0.1) is 0 Å². The molecule has 1 saturated heterocycles. The van der Waals surface area contributed by atoms with Crippen molar-refractivity contribution in [1.29, 1.82) is 0 Å². The highest BCUT2D eigenvalue weighted by Gasteiger charge is 2.32. The van der Waals surface area contributed by atoms with Crippen LogP contribution in [0.25, 0.3) is 0 Å². The average molecular weight is 418 g/mol. The topological polar surface area (TPSA) is 78.8 Å². The molecule has 6 nitrogen and oxygen atoms in total. The number of halogens is 1. The Morgan fingerprint density at radius 3 is 2.68 bits per heavy atom. The van der Waals surface area contributed by atoms with Crippen LogP contribution in [0.4, 0.5) is 5.69 Å². The summed E-state index contributed by atoms with van der Waals surface area (Å²) in [5.74, 6) is 0.267. The number of carbonyl (C=O) groups excluding carboxylic acids is 1. The van der Waals surface area contributed by atoms with Gasteiger partial charge in [-0.25, -0.2) is 0 Å². The minimum atomic E-state index is -3.80. The number of hydrogen-bond donors (Lipinski definition) is 1. The largest absolute Gasteiger partial charge is 0.348 e. The van der Waals surface area contributed by atoms with Gasteiger partial charge in [-0.05, 0) is 48.7 Å². The van der Waals surface area contributed by atoms with Gasteiger partial charge in [0.25, 0.3) is 15.9 Å². The second kappa shape index (κ2) is 7.56. The van der Waals surface area contributed by atoms with Crippen molar-refractivity contribution in [2.45, 2.75) is 37.1 Å². The van der Waals surface area contributed by atoms with Gasteiger partial charge < -0.3 is 10.2 Å². The minimum absolute atomic E-state index is 0.0947. The first-order valence-electron chi connectivity index (χ1n) is 9.22. The predicted molar refractivity (Wildman–Crippen MR) is 109 cm³/mol. The van der Waals surface area contributed by atoms with Crippen molar-refractivity contribution in [1.82, 2.24) is 5.32 Å². The third-order valence-electron chi connectivity index (χ3n) is 4.98. The van der Waals surface area contributed by atoms with Crippen molar-refractivity contribution in [2.24, 2.45) is 4.40 Å². The van der Waals surface area contributed by atoms with Gasteiger partial charge in [0.05, 0.1) is 5.69 Å². The van der Waals surface area contributed by atoms with Gasteiger partial charge in [-0.3, -0.25) is 4.79 Å². The van der Waals surface area contributed by atoms with Crippen molar-refractivity contribution >= 4 is 39.1 Å². The van der Waals surface area contributed by atoms with Crippen LogP contribution >= 0.6 is 11.6 Å². The molecule has 0 aliphatic carbocycles. The quantitative estimate of drug-likeness (QED) is 0.824. The predicted octanol–water partition coefficient (Wildman–Crippen LogP) is 3.75. The molecule has 2 heterocycles. The van der Waals surface area contributed by atoms with E-state index in [4.69, 9.17) is 11.6 Å². The van der Waals surface area contributed by atoms with E-state index in [1.165, 1.54) is 6.07 Å². The molecule has 0 bridgehead atoms. The summed E-state index contributed by atoms with van der Waals surface area (Å²) >= 11 is 5.86. The zero-order chi connectivity index (χ0) is 19.7. The smallest absolute Gasteiger partial charge is 0.286 e. The number of rotatable bonds is 3. The third-order valence-corrected chi connectivity index (χ3v) is 6.56. The molecule has 2 aromatic rings. The van der Waals surface area contributed by atoms with Gasteiger partial charge >= 0.3 is 0 Å². The maximum absolute atomic E-state index is 12.7. The summed E-state index contributed by atoms with van der Waals surface area (Å²) in [6.45, 7) is 1.07. The standard InChI is InChI=1S/C20H20ClN3O3S/c21-16-8-5-14(6-9-16)13-22-20(25)15-7-10-17-18(12-15)28(26,27)23-19-4-2-1-3-11-24(17)19/h5-10,12H,1-4,11,13H2,(H,22,25). The Hall–Kier alpha value is -2.38. The number of benzene rings is 2. The van der Waals surface area contributed by atoms with E-state index in [1.54, 1.807) is 24.3 Å². The normalized spacial score (nSPS) is 17.8. The van der Waals surface area contributed by atoms with Crippen LogP contribution in [0.5, 0.6) is 0 Å². The summed E-state index contributed by atoms with van der Waals surface area (Å²) in [4.78, 5) is 14.6. The summed E-state index contributed by atoms with van der Waals surface area (Å²) in [7, 11) is -3.80. The Morgan fingerprint density at radius 1 is 1.11 bits per heavy atom. The van der Waals surface area contributed by atoms with Crippen molar-refractivity contribution in [2.75, 3.05) is 11.4 Å². The lowest BCUT2D eigenvalue weighted by atomic mass is 10.1. The molecule has 146 valence electrons. The highest BCUT2D eigenvalue weighted by atomic mass is 35.5. The number of nitrogens with one attached hydrogen (secondary N) is 1. The number of fused-ring (bicyclic) bond motifs is 3. The zero-order valence-corrected chi connectivity index (χ0v) is 16.8. The molecule has 2 aromatic carbocycles. The molecule has 1 amide bonds. The molecule has 0 spiro atoms. The zero-order valence-electron chi connectivity index (χ0n) is 15.2. The average Bonchev–Trinajstić information content (AvgIpc) is 2.92. The highest BCUT2D eigenvalue weighted by Crippen LogP contribution is 2.35. The Bertz CT molecular complexity index is 1050. The first kappa shape index (κ1) is 19.0. The van der Waals surface area contributed by atoms with E-state index in [0.717, 1.165) is 31.4 Å². The molecular formula is C20H20ClN3O3S. The molecule has 0 saturated carbocycles. The number of amidine groups is 1. The first-order valence-corrected chi connectivity index (χ1v) is 11.0. The van der Waals surface area contributed by atoms with Crippen molar-refractivity contribution in [3.63, 3.8) is 0 Å². The second-order valence-corrected chi connectivity index (χ2v) is 8.95. The number of nitrogens with zero attached hydrogens (tertiary/aromatic N) is 2. The molecular weight excluding hydrogens is 398 g/mol. The van der Waals surface area contributed by atoms with Crippen LogP contribution in [0.2, 0.25) is 5.02 Å². The molecule has 8 heteroatoms. The fraction of sp³-hybridized carbons (Fsp3) is 0.300. The Kier molecular flexibility index (Phi) is 5.12. The van der Waals surface area contributed by atoms with E-state index in [0.29, 0.717) is 35.1 Å². The van der Waals surface area contributed by atoms with Crippen LogP contribution in [-0.2, 0) is 16.6 Å². The summed E-state index contributed by atoms with van der Waals surface area (Å²) in [6, 6.07) is 12.0. The maximum atomic E-state index is 12.7. The van der Waals surface area contributed by atoms with E-state index in [2.05, 4.69) is 9.71 Å². The molecule has 28 heavy (non-hydrogen) atoms. The molecule has 1 N–H and O–H groups in total. The number of carbonyl (C=O) groups is 1. The first-order chi connectivity index (χ1) is 13.4. The van der Waals surface area contributed by atoms with Crippen molar-refractivity contribution in [3.05, 3.63) is 58.6 Å². The van der Waals surface area contributed by atoms with Crippen LogP contribution in [0.15, 0.2) is 51.8 Å². The van der Waals surface area contributed by atoms with Crippen LogP contribution in [0.3, 0.4) is 0 Å². The molecule has 0 unspecified atom stereocenters. The second-order valence-electron chi connectivity index (χ2n) is 6.94. The molecule has 2 aliphatic rings. The monoisotopic (exact) mass is 417 g/mol. The molecule has 0 radical (unpaired) electrons. The van der Waals surface area contributed by atoms with Crippen LogP contribution in [0.1, 0.15) is 41.6 Å². The molecule has 0 atom stereocenters.